The summed E-state index contributed by atoms with van der Waals surface area (Å²) >= 11 is 1.13. The van der Waals surface area contributed by atoms with Crippen LogP contribution in [0.1, 0.15) is 6.92 Å². The van der Waals surface area contributed by atoms with Gasteiger partial charge in [-0.2, -0.15) is 0 Å². The second-order valence-corrected chi connectivity index (χ2v) is 3.19. The van der Waals surface area contributed by atoms with E-state index in [0.29, 0.717) is 5.00 Å². The van der Waals surface area contributed by atoms with Crippen LogP contribution in [-0.2, 0) is 0 Å². The molecule has 0 saturated carbocycles. The lowest BCUT2D eigenvalue weighted by Gasteiger charge is -2.08. The van der Waals surface area contributed by atoms with Crippen LogP contribution in [-0.4, -0.2) is 21.7 Å². The van der Waals surface area contributed by atoms with Crippen molar-refractivity contribution in [2.45, 2.75) is 13.0 Å². The van der Waals surface area contributed by atoms with Crippen LogP contribution in [0.15, 0.2) is 18.9 Å². The molecule has 6 heteroatoms. The van der Waals surface area contributed by atoms with E-state index < -0.39 is 0 Å². The van der Waals surface area contributed by atoms with Gasteiger partial charge in [0.25, 0.3) is 0 Å². The molecule has 1 heterocycles. The minimum atomic E-state index is -0.279. The summed E-state index contributed by atoms with van der Waals surface area (Å²) in [5.41, 5.74) is 0. The van der Waals surface area contributed by atoms with Crippen molar-refractivity contribution in [1.29, 1.82) is 0 Å². The van der Waals surface area contributed by atoms with E-state index in [-0.39, 0.29) is 12.1 Å². The van der Waals surface area contributed by atoms with Crippen LogP contribution in [0, 0.1) is 0 Å². The molecule has 0 fully saturated rings. The number of amides is 2. The Morgan fingerprint density at radius 1 is 1.85 bits per heavy atom. The minimum Gasteiger partial charge on any atom is -0.332 e. The average Bonchev–Trinajstić information content (AvgIpc) is 2.56. The summed E-state index contributed by atoms with van der Waals surface area (Å²) < 4.78 is 3.60. The fourth-order valence-electron chi connectivity index (χ4n) is 0.636. The quantitative estimate of drug-likeness (QED) is 0.718. The Morgan fingerprint density at radius 3 is 3.15 bits per heavy atom. The van der Waals surface area contributed by atoms with Gasteiger partial charge in [-0.15, -0.1) is 11.7 Å². The van der Waals surface area contributed by atoms with Gasteiger partial charge < -0.3 is 5.32 Å². The third kappa shape index (κ3) is 3.20. The van der Waals surface area contributed by atoms with Crippen molar-refractivity contribution in [3.63, 3.8) is 0 Å². The van der Waals surface area contributed by atoms with Crippen LogP contribution in [0.4, 0.5) is 9.80 Å². The lowest BCUT2D eigenvalue weighted by molar-refractivity contribution is 0.251. The molecule has 0 spiro atoms. The fraction of sp³-hybridized carbons (Fsp3) is 0.286. The first-order chi connectivity index (χ1) is 6.22. The number of hydrogen-bond acceptors (Lipinski definition) is 4. The molecule has 70 valence electrons. The fourth-order valence-corrected chi connectivity index (χ4v) is 1.05. The van der Waals surface area contributed by atoms with E-state index in [0.717, 1.165) is 11.5 Å². The SMILES string of the molecule is C=CC(C)NC(=O)Nc1cnns1. The molecule has 13 heavy (non-hydrogen) atoms. The maximum absolute atomic E-state index is 11.2. The zero-order valence-corrected chi connectivity index (χ0v) is 7.97. The number of hydrogen-bond donors (Lipinski definition) is 2. The number of carbonyl (C=O) groups excluding carboxylic acids is 1. The van der Waals surface area contributed by atoms with Crippen molar-refractivity contribution in [2.75, 3.05) is 5.32 Å². The summed E-state index contributed by atoms with van der Waals surface area (Å²) in [5, 5.41) is 9.43. The standard InChI is InChI=1S/C7H10N4OS/c1-3-5(2)9-7(12)10-6-4-8-11-13-6/h3-5H,1H2,2H3,(H2,9,10,12). The predicted octanol–water partition coefficient (Wildman–Crippen LogP) is 1.23. The Hall–Kier alpha value is -1.43. The molecule has 1 aromatic heterocycles. The van der Waals surface area contributed by atoms with Crippen LogP contribution in [0.5, 0.6) is 0 Å². The second-order valence-electron chi connectivity index (χ2n) is 2.40. The van der Waals surface area contributed by atoms with Gasteiger partial charge in [-0.3, -0.25) is 5.32 Å². The molecule has 0 radical (unpaired) electrons. The Morgan fingerprint density at radius 2 is 2.62 bits per heavy atom. The minimum absolute atomic E-state index is 0.0547. The Balaban J connectivity index is 2.38. The first-order valence-corrected chi connectivity index (χ1v) is 4.47. The van der Waals surface area contributed by atoms with Crippen LogP contribution in [0.25, 0.3) is 0 Å². The van der Waals surface area contributed by atoms with Gasteiger partial charge in [0.05, 0.1) is 6.20 Å². The molecule has 0 aliphatic heterocycles. The largest absolute Gasteiger partial charge is 0.332 e. The number of rotatable bonds is 3. The Labute approximate surface area is 80.0 Å². The summed E-state index contributed by atoms with van der Waals surface area (Å²) in [7, 11) is 0. The average molecular weight is 198 g/mol. The first-order valence-electron chi connectivity index (χ1n) is 3.70. The second kappa shape index (κ2) is 4.56. The maximum Gasteiger partial charge on any atom is 0.320 e. The molecular weight excluding hydrogens is 188 g/mol. The molecule has 1 aromatic rings. The maximum atomic E-state index is 11.2. The van der Waals surface area contributed by atoms with Crippen molar-refractivity contribution in [3.05, 3.63) is 18.9 Å². The highest BCUT2D eigenvalue weighted by atomic mass is 32.1. The van der Waals surface area contributed by atoms with Crippen LogP contribution < -0.4 is 10.6 Å². The zero-order valence-electron chi connectivity index (χ0n) is 7.15. The number of urea groups is 1. The van der Waals surface area contributed by atoms with E-state index >= 15 is 0 Å². The number of nitrogens with one attached hydrogen (secondary N) is 2. The first kappa shape index (κ1) is 9.66. The van der Waals surface area contributed by atoms with Gasteiger partial charge in [0.2, 0.25) is 0 Å². The van der Waals surface area contributed by atoms with Crippen LogP contribution >= 0.6 is 11.5 Å². The molecule has 2 amide bonds. The zero-order chi connectivity index (χ0) is 9.68. The van der Waals surface area contributed by atoms with Gasteiger partial charge >= 0.3 is 6.03 Å². The normalized spacial score (nSPS) is 11.8. The van der Waals surface area contributed by atoms with Gasteiger partial charge in [0.15, 0.2) is 0 Å². The Kier molecular flexibility index (Phi) is 3.39. The number of aromatic nitrogens is 2. The molecule has 2 N–H and O–H groups in total. The van der Waals surface area contributed by atoms with Crippen molar-refractivity contribution in [3.8, 4) is 0 Å². The van der Waals surface area contributed by atoms with Gasteiger partial charge in [0.1, 0.15) is 5.00 Å². The van der Waals surface area contributed by atoms with Crippen molar-refractivity contribution in [2.24, 2.45) is 0 Å². The van der Waals surface area contributed by atoms with Gasteiger partial charge in [0, 0.05) is 17.6 Å². The molecular formula is C7H10N4OS. The summed E-state index contributed by atoms with van der Waals surface area (Å²) in [4.78, 5) is 11.2. The lowest BCUT2D eigenvalue weighted by atomic mass is 10.3. The molecule has 0 aliphatic carbocycles. The molecule has 0 aromatic carbocycles. The molecule has 1 unspecified atom stereocenters. The molecule has 5 nitrogen and oxygen atoms in total. The van der Waals surface area contributed by atoms with Crippen molar-refractivity contribution < 1.29 is 4.79 Å². The van der Waals surface area contributed by atoms with Gasteiger partial charge in [-0.25, -0.2) is 4.79 Å². The summed E-state index contributed by atoms with van der Waals surface area (Å²) in [6, 6.07) is -0.334. The van der Waals surface area contributed by atoms with Crippen molar-refractivity contribution >= 4 is 22.6 Å². The highest BCUT2D eigenvalue weighted by molar-refractivity contribution is 7.10. The molecule has 0 aliphatic rings. The summed E-state index contributed by atoms with van der Waals surface area (Å²) in [6.07, 6.45) is 3.13. The summed E-state index contributed by atoms with van der Waals surface area (Å²) in [6.45, 7) is 5.38. The highest BCUT2D eigenvalue weighted by Gasteiger charge is 2.04. The van der Waals surface area contributed by atoms with Gasteiger partial charge in [-0.05, 0) is 6.92 Å². The monoisotopic (exact) mass is 198 g/mol. The van der Waals surface area contributed by atoms with E-state index in [1.54, 1.807) is 6.08 Å². The lowest BCUT2D eigenvalue weighted by Crippen LogP contribution is -2.34. The van der Waals surface area contributed by atoms with E-state index in [1.807, 2.05) is 6.92 Å². The number of carbonyl (C=O) groups is 1. The van der Waals surface area contributed by atoms with Crippen molar-refractivity contribution in [1.82, 2.24) is 14.9 Å². The van der Waals surface area contributed by atoms with Gasteiger partial charge in [-0.1, -0.05) is 10.6 Å². The smallest absolute Gasteiger partial charge is 0.320 e. The van der Waals surface area contributed by atoms with E-state index in [2.05, 4.69) is 26.8 Å². The van der Waals surface area contributed by atoms with E-state index in [9.17, 15) is 4.79 Å². The topological polar surface area (TPSA) is 66.9 Å². The number of anilines is 1. The van der Waals surface area contributed by atoms with E-state index in [1.165, 1.54) is 6.20 Å². The Bertz CT molecular complexity index is 285. The number of nitrogens with zero attached hydrogens (tertiary/aromatic N) is 2. The van der Waals surface area contributed by atoms with Crippen LogP contribution in [0.3, 0.4) is 0 Å². The third-order valence-corrected chi connectivity index (χ3v) is 1.89. The molecule has 1 rings (SSSR count). The van der Waals surface area contributed by atoms with E-state index in [4.69, 9.17) is 0 Å². The molecule has 0 bridgehead atoms. The highest BCUT2D eigenvalue weighted by Crippen LogP contribution is 2.08. The summed E-state index contributed by atoms with van der Waals surface area (Å²) in [5.74, 6) is 0. The predicted molar refractivity (Wildman–Crippen MR) is 51.7 cm³/mol. The molecule has 1 atom stereocenters. The third-order valence-electron chi connectivity index (χ3n) is 1.31. The molecule has 0 saturated heterocycles. The van der Waals surface area contributed by atoms with Crippen LogP contribution in [0.2, 0.25) is 0 Å².